The van der Waals surface area contributed by atoms with Gasteiger partial charge in [0.25, 0.3) is 0 Å². The number of hydrogen-bond acceptors (Lipinski definition) is 4. The lowest BCUT2D eigenvalue weighted by Gasteiger charge is -2.33. The zero-order valence-electron chi connectivity index (χ0n) is 8.36. The number of morpholine rings is 1. The van der Waals surface area contributed by atoms with E-state index in [1.807, 2.05) is 4.90 Å². The fourth-order valence-corrected chi connectivity index (χ4v) is 1.53. The van der Waals surface area contributed by atoms with E-state index in [0.29, 0.717) is 32.7 Å². The molecule has 1 N–H and O–H groups in total. The van der Waals surface area contributed by atoms with Gasteiger partial charge in [0.1, 0.15) is 12.3 Å². The van der Waals surface area contributed by atoms with Crippen LogP contribution in [-0.4, -0.2) is 56.5 Å². The molecule has 1 aliphatic heterocycles. The van der Waals surface area contributed by atoms with Gasteiger partial charge in [0, 0.05) is 26.6 Å². The first kappa shape index (κ1) is 11.1. The normalized spacial score (nSPS) is 23.1. The number of carbonyl (C=O) groups excluding carboxylic acids is 2. The average molecular weight is 200 g/mol. The highest BCUT2D eigenvalue weighted by molar-refractivity contribution is 5.81. The molecule has 0 aromatic heterocycles. The average Bonchev–Trinajstić information content (AvgIpc) is 2.25. The van der Waals surface area contributed by atoms with Crippen molar-refractivity contribution in [2.24, 2.45) is 0 Å². The number of ether oxygens (including phenoxy) is 1. The number of likely N-dealkylation sites (N-methyl/N-ethyl adjacent to an activating group) is 1. The van der Waals surface area contributed by atoms with E-state index in [0.717, 1.165) is 6.29 Å². The Morgan fingerprint density at radius 3 is 3.14 bits per heavy atom. The second-order valence-electron chi connectivity index (χ2n) is 3.20. The first-order valence-electron chi connectivity index (χ1n) is 4.76. The smallest absolute Gasteiger partial charge is 0.239 e. The first-order chi connectivity index (χ1) is 6.79. The van der Waals surface area contributed by atoms with Crippen molar-refractivity contribution in [2.75, 3.05) is 33.4 Å². The Morgan fingerprint density at radius 2 is 2.50 bits per heavy atom. The summed E-state index contributed by atoms with van der Waals surface area (Å²) >= 11 is 0. The molecule has 1 amide bonds. The summed E-state index contributed by atoms with van der Waals surface area (Å²) in [6, 6.07) is -0.242. The van der Waals surface area contributed by atoms with E-state index in [1.165, 1.54) is 0 Å². The van der Waals surface area contributed by atoms with Gasteiger partial charge < -0.3 is 14.8 Å². The Labute approximate surface area is 83.4 Å². The maximum Gasteiger partial charge on any atom is 0.239 e. The zero-order valence-corrected chi connectivity index (χ0v) is 8.36. The molecule has 0 aliphatic carbocycles. The predicted octanol–water partition coefficient (Wildman–Crippen LogP) is -0.978. The van der Waals surface area contributed by atoms with E-state index in [9.17, 15) is 9.59 Å². The molecular formula is C9H16N2O3. The van der Waals surface area contributed by atoms with Crippen molar-refractivity contribution in [1.29, 1.82) is 0 Å². The molecule has 0 aromatic carbocycles. The fourth-order valence-electron chi connectivity index (χ4n) is 1.53. The van der Waals surface area contributed by atoms with Crippen LogP contribution in [-0.2, 0) is 14.3 Å². The van der Waals surface area contributed by atoms with Crippen molar-refractivity contribution in [3.63, 3.8) is 0 Å². The summed E-state index contributed by atoms with van der Waals surface area (Å²) in [4.78, 5) is 23.6. The molecule has 0 radical (unpaired) electrons. The van der Waals surface area contributed by atoms with Crippen LogP contribution in [0.15, 0.2) is 0 Å². The van der Waals surface area contributed by atoms with E-state index in [2.05, 4.69) is 5.32 Å². The summed E-state index contributed by atoms with van der Waals surface area (Å²) in [6.07, 6.45) is 1.34. The quantitative estimate of drug-likeness (QED) is 0.593. The van der Waals surface area contributed by atoms with Gasteiger partial charge in [-0.25, -0.2) is 0 Å². The van der Waals surface area contributed by atoms with Gasteiger partial charge >= 0.3 is 0 Å². The van der Waals surface area contributed by atoms with Gasteiger partial charge in [0.2, 0.25) is 5.91 Å². The van der Waals surface area contributed by atoms with Crippen LogP contribution in [0.1, 0.15) is 6.42 Å². The van der Waals surface area contributed by atoms with Crippen LogP contribution >= 0.6 is 0 Å². The van der Waals surface area contributed by atoms with Gasteiger partial charge in [-0.1, -0.05) is 0 Å². The van der Waals surface area contributed by atoms with Crippen LogP contribution in [0, 0.1) is 0 Å². The number of aldehydes is 1. The molecule has 5 nitrogen and oxygen atoms in total. The van der Waals surface area contributed by atoms with Crippen molar-refractivity contribution in [1.82, 2.24) is 10.2 Å². The van der Waals surface area contributed by atoms with Crippen LogP contribution in [0.25, 0.3) is 0 Å². The van der Waals surface area contributed by atoms with Crippen LogP contribution in [0.3, 0.4) is 0 Å². The van der Waals surface area contributed by atoms with E-state index >= 15 is 0 Å². The van der Waals surface area contributed by atoms with Crippen LogP contribution in [0.4, 0.5) is 0 Å². The standard InChI is InChI=1S/C9H16N2O3/c1-10-9(13)8-7-14-6-4-11(8)3-2-5-12/h5,8H,2-4,6-7H2,1H3,(H,10,13). The van der Waals surface area contributed by atoms with Crippen LogP contribution in [0.2, 0.25) is 0 Å². The molecular weight excluding hydrogens is 184 g/mol. The van der Waals surface area contributed by atoms with Gasteiger partial charge in [-0.15, -0.1) is 0 Å². The minimum absolute atomic E-state index is 0.0457. The van der Waals surface area contributed by atoms with Crippen molar-refractivity contribution < 1.29 is 14.3 Å². The van der Waals surface area contributed by atoms with Crippen molar-refractivity contribution in [3.8, 4) is 0 Å². The number of nitrogens with one attached hydrogen (secondary N) is 1. The summed E-state index contributed by atoms with van der Waals surface area (Å²) in [6.45, 7) is 2.39. The number of nitrogens with zero attached hydrogens (tertiary/aromatic N) is 1. The lowest BCUT2D eigenvalue weighted by atomic mass is 10.2. The molecule has 1 heterocycles. The summed E-state index contributed by atoms with van der Waals surface area (Å²) in [7, 11) is 1.61. The maximum absolute atomic E-state index is 11.4. The lowest BCUT2D eigenvalue weighted by molar-refractivity contribution is -0.132. The Kier molecular flexibility index (Phi) is 4.55. The van der Waals surface area contributed by atoms with E-state index in [4.69, 9.17) is 4.74 Å². The van der Waals surface area contributed by atoms with Gasteiger partial charge in [-0.05, 0) is 0 Å². The molecule has 1 rings (SSSR count). The molecule has 0 bridgehead atoms. The molecule has 5 heteroatoms. The van der Waals surface area contributed by atoms with E-state index in [-0.39, 0.29) is 11.9 Å². The van der Waals surface area contributed by atoms with Crippen molar-refractivity contribution in [2.45, 2.75) is 12.5 Å². The summed E-state index contributed by atoms with van der Waals surface area (Å²) in [5.41, 5.74) is 0. The Balaban J connectivity index is 2.49. The highest BCUT2D eigenvalue weighted by Gasteiger charge is 2.27. The summed E-state index contributed by atoms with van der Waals surface area (Å²) in [5, 5.41) is 2.59. The van der Waals surface area contributed by atoms with Crippen molar-refractivity contribution >= 4 is 12.2 Å². The second-order valence-corrected chi connectivity index (χ2v) is 3.20. The third-order valence-electron chi connectivity index (χ3n) is 2.32. The Bertz CT molecular complexity index is 208. The third-order valence-corrected chi connectivity index (χ3v) is 2.32. The molecule has 1 fully saturated rings. The first-order valence-corrected chi connectivity index (χ1v) is 4.76. The van der Waals surface area contributed by atoms with E-state index in [1.54, 1.807) is 7.05 Å². The van der Waals surface area contributed by atoms with Gasteiger partial charge in [0.05, 0.1) is 13.2 Å². The van der Waals surface area contributed by atoms with Gasteiger partial charge in [-0.3, -0.25) is 9.69 Å². The molecule has 1 aliphatic rings. The number of amides is 1. The topological polar surface area (TPSA) is 58.6 Å². The summed E-state index contributed by atoms with van der Waals surface area (Å²) in [5.74, 6) is -0.0457. The largest absolute Gasteiger partial charge is 0.378 e. The molecule has 80 valence electrons. The van der Waals surface area contributed by atoms with Crippen molar-refractivity contribution in [3.05, 3.63) is 0 Å². The minimum atomic E-state index is -0.242. The number of hydrogen-bond donors (Lipinski definition) is 1. The lowest BCUT2D eigenvalue weighted by Crippen LogP contribution is -2.53. The van der Waals surface area contributed by atoms with Crippen LogP contribution < -0.4 is 5.32 Å². The highest BCUT2D eigenvalue weighted by atomic mass is 16.5. The number of rotatable bonds is 4. The molecule has 14 heavy (non-hydrogen) atoms. The van der Waals surface area contributed by atoms with E-state index < -0.39 is 0 Å². The molecule has 0 aromatic rings. The Morgan fingerprint density at radius 1 is 1.71 bits per heavy atom. The molecule has 1 atom stereocenters. The Hall–Kier alpha value is -0.940. The monoisotopic (exact) mass is 200 g/mol. The molecule has 1 unspecified atom stereocenters. The van der Waals surface area contributed by atoms with Gasteiger partial charge in [-0.2, -0.15) is 0 Å². The predicted molar refractivity (Wildman–Crippen MR) is 50.9 cm³/mol. The highest BCUT2D eigenvalue weighted by Crippen LogP contribution is 2.07. The second kappa shape index (κ2) is 5.72. The third kappa shape index (κ3) is 2.78. The minimum Gasteiger partial charge on any atom is -0.378 e. The zero-order chi connectivity index (χ0) is 10.4. The maximum atomic E-state index is 11.4. The van der Waals surface area contributed by atoms with Crippen LogP contribution in [0.5, 0.6) is 0 Å². The number of carbonyl (C=O) groups is 2. The SMILES string of the molecule is CNC(=O)C1COCCN1CCC=O. The van der Waals surface area contributed by atoms with Gasteiger partial charge in [0.15, 0.2) is 0 Å². The summed E-state index contributed by atoms with van der Waals surface area (Å²) < 4.78 is 5.22. The molecule has 1 saturated heterocycles. The molecule has 0 spiro atoms. The molecule has 0 saturated carbocycles. The fraction of sp³-hybridized carbons (Fsp3) is 0.778.